The highest BCUT2D eigenvalue weighted by Gasteiger charge is 2.33. The standard InChI is InChI=1S/C19H23F/c1-19(2,3)17-11-9-14-15(17)10-12-18(20)16(14)6-4-5-13-7-8-13/h10,12-13,17H,5,7-9,11H2,1-3H3/t17-/m1/s1. The van der Waals surface area contributed by atoms with Crippen LogP contribution >= 0.6 is 0 Å². The SMILES string of the molecule is CC(C)(C)[C@@H]1CCc2c1ccc(F)c2C#CCC1CC1. The number of rotatable bonds is 1. The van der Waals surface area contributed by atoms with Crippen LogP contribution in [0.2, 0.25) is 0 Å². The van der Waals surface area contributed by atoms with Crippen LogP contribution in [0.5, 0.6) is 0 Å². The summed E-state index contributed by atoms with van der Waals surface area (Å²) in [6.07, 6.45) is 5.64. The van der Waals surface area contributed by atoms with E-state index in [2.05, 4.69) is 32.6 Å². The van der Waals surface area contributed by atoms with Crippen LogP contribution in [0.4, 0.5) is 4.39 Å². The molecule has 1 saturated carbocycles. The molecule has 20 heavy (non-hydrogen) atoms. The van der Waals surface area contributed by atoms with Gasteiger partial charge >= 0.3 is 0 Å². The van der Waals surface area contributed by atoms with E-state index in [-0.39, 0.29) is 11.2 Å². The van der Waals surface area contributed by atoms with Crippen molar-refractivity contribution < 1.29 is 4.39 Å². The van der Waals surface area contributed by atoms with Crippen LogP contribution in [-0.2, 0) is 6.42 Å². The van der Waals surface area contributed by atoms with Gasteiger partial charge in [0, 0.05) is 6.42 Å². The molecule has 0 heterocycles. The molecule has 1 fully saturated rings. The van der Waals surface area contributed by atoms with Crippen molar-refractivity contribution in [2.45, 2.75) is 58.8 Å². The molecule has 1 atom stereocenters. The first-order valence-corrected chi connectivity index (χ1v) is 7.77. The van der Waals surface area contributed by atoms with E-state index in [9.17, 15) is 4.39 Å². The lowest BCUT2D eigenvalue weighted by Gasteiger charge is -2.27. The number of hydrogen-bond acceptors (Lipinski definition) is 0. The highest BCUT2D eigenvalue weighted by atomic mass is 19.1. The Morgan fingerprint density at radius 3 is 2.60 bits per heavy atom. The van der Waals surface area contributed by atoms with Crippen LogP contribution in [0.25, 0.3) is 0 Å². The summed E-state index contributed by atoms with van der Waals surface area (Å²) < 4.78 is 14.1. The Kier molecular flexibility index (Phi) is 3.36. The van der Waals surface area contributed by atoms with E-state index < -0.39 is 0 Å². The summed E-state index contributed by atoms with van der Waals surface area (Å²) in [7, 11) is 0. The van der Waals surface area contributed by atoms with E-state index in [1.165, 1.54) is 24.0 Å². The molecule has 0 aromatic heterocycles. The molecule has 0 aliphatic heterocycles. The Labute approximate surface area is 121 Å². The van der Waals surface area contributed by atoms with Gasteiger partial charge < -0.3 is 0 Å². The maximum Gasteiger partial charge on any atom is 0.139 e. The van der Waals surface area contributed by atoms with Crippen molar-refractivity contribution in [3.05, 3.63) is 34.6 Å². The fraction of sp³-hybridized carbons (Fsp3) is 0.579. The molecule has 0 radical (unpaired) electrons. The molecule has 0 N–H and O–H groups in total. The van der Waals surface area contributed by atoms with Gasteiger partial charge in [-0.15, -0.1) is 0 Å². The average Bonchev–Trinajstić information content (AvgIpc) is 3.07. The average molecular weight is 270 g/mol. The number of hydrogen-bond donors (Lipinski definition) is 0. The largest absolute Gasteiger partial charge is 0.206 e. The second kappa shape index (κ2) is 4.92. The Bertz CT molecular complexity index is 576. The van der Waals surface area contributed by atoms with E-state index in [4.69, 9.17) is 0 Å². The van der Waals surface area contributed by atoms with Gasteiger partial charge in [-0.2, -0.15) is 0 Å². The predicted molar refractivity (Wildman–Crippen MR) is 81.1 cm³/mol. The molecule has 2 aliphatic rings. The molecule has 1 aromatic carbocycles. The van der Waals surface area contributed by atoms with Gasteiger partial charge in [0.25, 0.3) is 0 Å². The minimum atomic E-state index is -0.137. The van der Waals surface area contributed by atoms with Crippen molar-refractivity contribution in [2.24, 2.45) is 11.3 Å². The zero-order valence-corrected chi connectivity index (χ0v) is 12.7. The summed E-state index contributed by atoms with van der Waals surface area (Å²) in [5, 5.41) is 0. The van der Waals surface area contributed by atoms with Crippen LogP contribution < -0.4 is 0 Å². The van der Waals surface area contributed by atoms with Gasteiger partial charge in [-0.05, 0) is 60.1 Å². The van der Waals surface area contributed by atoms with Gasteiger partial charge in [-0.25, -0.2) is 4.39 Å². The smallest absolute Gasteiger partial charge is 0.139 e. The molecule has 106 valence electrons. The monoisotopic (exact) mass is 270 g/mol. The molecular weight excluding hydrogens is 247 g/mol. The van der Waals surface area contributed by atoms with Crippen LogP contribution in [0.1, 0.15) is 69.1 Å². The lowest BCUT2D eigenvalue weighted by molar-refractivity contribution is 0.319. The molecule has 3 rings (SSSR count). The van der Waals surface area contributed by atoms with Gasteiger partial charge in [0.1, 0.15) is 5.82 Å². The summed E-state index contributed by atoms with van der Waals surface area (Å²) in [5.41, 5.74) is 3.42. The number of fused-ring (bicyclic) bond motifs is 1. The quantitative estimate of drug-likeness (QED) is 0.626. The van der Waals surface area contributed by atoms with Crippen molar-refractivity contribution in [3.63, 3.8) is 0 Å². The summed E-state index contributed by atoms with van der Waals surface area (Å²) in [5.74, 6) is 7.50. The summed E-state index contributed by atoms with van der Waals surface area (Å²) in [4.78, 5) is 0. The minimum Gasteiger partial charge on any atom is -0.206 e. The maximum atomic E-state index is 14.1. The van der Waals surface area contributed by atoms with E-state index in [1.807, 2.05) is 6.07 Å². The topological polar surface area (TPSA) is 0 Å². The lowest BCUT2D eigenvalue weighted by atomic mass is 9.77. The molecular formula is C19H23F. The zero-order chi connectivity index (χ0) is 14.3. The molecule has 0 bridgehead atoms. The Balaban J connectivity index is 1.94. The van der Waals surface area contributed by atoms with Gasteiger partial charge in [-0.3, -0.25) is 0 Å². The summed E-state index contributed by atoms with van der Waals surface area (Å²) >= 11 is 0. The molecule has 0 saturated heterocycles. The first kappa shape index (κ1) is 13.7. The van der Waals surface area contributed by atoms with E-state index in [0.29, 0.717) is 11.5 Å². The zero-order valence-electron chi connectivity index (χ0n) is 12.7. The van der Waals surface area contributed by atoms with Gasteiger partial charge in [-0.1, -0.05) is 38.7 Å². The Hall–Kier alpha value is -1.29. The predicted octanol–water partition coefficient (Wildman–Crippen LogP) is 5.05. The first-order valence-electron chi connectivity index (χ1n) is 7.77. The van der Waals surface area contributed by atoms with Crippen LogP contribution in [0.15, 0.2) is 12.1 Å². The number of benzene rings is 1. The molecule has 0 unspecified atom stereocenters. The lowest BCUT2D eigenvalue weighted by Crippen LogP contribution is -2.15. The summed E-state index contributed by atoms with van der Waals surface area (Å²) in [6.45, 7) is 6.82. The van der Waals surface area contributed by atoms with Crippen LogP contribution in [0, 0.1) is 29.0 Å². The minimum absolute atomic E-state index is 0.137. The second-order valence-corrected chi connectivity index (χ2v) is 7.40. The molecule has 1 heteroatoms. The van der Waals surface area contributed by atoms with Crippen LogP contribution in [-0.4, -0.2) is 0 Å². The van der Waals surface area contributed by atoms with Crippen molar-refractivity contribution in [1.29, 1.82) is 0 Å². The van der Waals surface area contributed by atoms with Crippen LogP contribution in [0.3, 0.4) is 0 Å². The summed E-state index contributed by atoms with van der Waals surface area (Å²) in [6, 6.07) is 3.60. The van der Waals surface area contributed by atoms with Gasteiger partial charge in [0.15, 0.2) is 0 Å². The molecule has 1 aromatic rings. The van der Waals surface area contributed by atoms with Gasteiger partial charge in [0.2, 0.25) is 0 Å². The molecule has 2 aliphatic carbocycles. The fourth-order valence-corrected chi connectivity index (χ4v) is 3.32. The highest BCUT2D eigenvalue weighted by Crippen LogP contribution is 2.46. The fourth-order valence-electron chi connectivity index (χ4n) is 3.32. The molecule has 0 amide bonds. The number of halogens is 1. The van der Waals surface area contributed by atoms with Crippen molar-refractivity contribution >= 4 is 0 Å². The van der Waals surface area contributed by atoms with E-state index in [1.54, 1.807) is 6.07 Å². The second-order valence-electron chi connectivity index (χ2n) is 7.40. The third-order valence-electron chi connectivity index (χ3n) is 4.70. The van der Waals surface area contributed by atoms with Crippen molar-refractivity contribution in [3.8, 4) is 11.8 Å². The highest BCUT2D eigenvalue weighted by molar-refractivity contribution is 5.50. The van der Waals surface area contributed by atoms with Gasteiger partial charge in [0.05, 0.1) is 5.56 Å². The van der Waals surface area contributed by atoms with Crippen molar-refractivity contribution in [1.82, 2.24) is 0 Å². The normalized spacial score (nSPS) is 21.3. The maximum absolute atomic E-state index is 14.1. The van der Waals surface area contributed by atoms with E-state index >= 15 is 0 Å². The Morgan fingerprint density at radius 2 is 1.95 bits per heavy atom. The molecule has 0 nitrogen and oxygen atoms in total. The third kappa shape index (κ3) is 2.62. The molecule has 0 spiro atoms. The third-order valence-corrected chi connectivity index (χ3v) is 4.70. The van der Waals surface area contributed by atoms with Crippen molar-refractivity contribution in [2.75, 3.05) is 0 Å². The Morgan fingerprint density at radius 1 is 1.20 bits per heavy atom. The first-order chi connectivity index (χ1) is 9.47. The van der Waals surface area contributed by atoms with E-state index in [0.717, 1.165) is 25.2 Å².